The summed E-state index contributed by atoms with van der Waals surface area (Å²) in [6.45, 7) is 3.97. The molecule has 1 saturated heterocycles. The molecular formula is C22H22N6O. The Morgan fingerprint density at radius 2 is 1.59 bits per heavy atom. The Morgan fingerprint density at radius 3 is 2.41 bits per heavy atom. The van der Waals surface area contributed by atoms with Crippen LogP contribution in [0.25, 0.3) is 0 Å². The number of rotatable bonds is 3. The maximum atomic E-state index is 13.1. The van der Waals surface area contributed by atoms with Crippen LogP contribution in [-0.2, 0) is 6.42 Å². The predicted octanol–water partition coefficient (Wildman–Crippen LogP) is 2.40. The molecule has 0 bridgehead atoms. The van der Waals surface area contributed by atoms with E-state index in [1.807, 2.05) is 47.5 Å². The summed E-state index contributed by atoms with van der Waals surface area (Å²) in [5, 5.41) is 0. The SMILES string of the molecule is O=C(c1ccnc(N2CCN(c3ccccn3)CC2)n1)N1CCc2ccccc21. The summed E-state index contributed by atoms with van der Waals surface area (Å²) in [4.78, 5) is 32.7. The van der Waals surface area contributed by atoms with Crippen molar-refractivity contribution in [2.75, 3.05) is 47.4 Å². The molecule has 3 aromatic rings. The standard InChI is InChI=1S/C22H22N6O/c29-21(28-12-9-17-5-1-2-6-19(17)28)18-8-11-24-22(25-18)27-15-13-26(14-16-27)20-7-3-4-10-23-20/h1-8,10-11H,9,12-16H2. The van der Waals surface area contributed by atoms with Gasteiger partial charge in [0, 0.05) is 50.8 Å². The number of hydrogen-bond acceptors (Lipinski definition) is 6. The molecule has 0 radical (unpaired) electrons. The van der Waals surface area contributed by atoms with Crippen LogP contribution in [0.5, 0.6) is 0 Å². The minimum atomic E-state index is -0.0641. The van der Waals surface area contributed by atoms with E-state index in [9.17, 15) is 4.79 Å². The van der Waals surface area contributed by atoms with Crippen molar-refractivity contribution in [2.24, 2.45) is 0 Å². The smallest absolute Gasteiger partial charge is 0.277 e. The predicted molar refractivity (Wildman–Crippen MR) is 113 cm³/mol. The topological polar surface area (TPSA) is 65.5 Å². The first kappa shape index (κ1) is 17.6. The highest BCUT2D eigenvalue weighted by atomic mass is 16.2. The second kappa shape index (κ2) is 7.50. The summed E-state index contributed by atoms with van der Waals surface area (Å²) in [7, 11) is 0. The second-order valence-corrected chi connectivity index (χ2v) is 7.24. The maximum absolute atomic E-state index is 13.1. The van der Waals surface area contributed by atoms with Gasteiger partial charge in [0.25, 0.3) is 5.91 Å². The van der Waals surface area contributed by atoms with Crippen molar-refractivity contribution in [1.29, 1.82) is 0 Å². The van der Waals surface area contributed by atoms with E-state index in [4.69, 9.17) is 0 Å². The van der Waals surface area contributed by atoms with Gasteiger partial charge in [-0.15, -0.1) is 0 Å². The van der Waals surface area contributed by atoms with E-state index in [-0.39, 0.29) is 5.91 Å². The molecule has 5 rings (SSSR count). The van der Waals surface area contributed by atoms with Crippen LogP contribution >= 0.6 is 0 Å². The summed E-state index contributed by atoms with van der Waals surface area (Å²) in [6.07, 6.45) is 4.38. The zero-order valence-corrected chi connectivity index (χ0v) is 16.1. The number of nitrogens with zero attached hydrogens (tertiary/aromatic N) is 6. The molecule has 0 saturated carbocycles. The molecule has 7 nitrogen and oxygen atoms in total. The van der Waals surface area contributed by atoms with Crippen LogP contribution in [0.1, 0.15) is 16.1 Å². The number of piperazine rings is 1. The Kier molecular flexibility index (Phi) is 4.56. The van der Waals surface area contributed by atoms with Crippen LogP contribution in [0.2, 0.25) is 0 Å². The number of carbonyl (C=O) groups is 1. The monoisotopic (exact) mass is 386 g/mol. The van der Waals surface area contributed by atoms with Crippen molar-refractivity contribution >= 4 is 23.4 Å². The fourth-order valence-electron chi connectivity index (χ4n) is 3.98. The van der Waals surface area contributed by atoms with Gasteiger partial charge in [-0.05, 0) is 36.2 Å². The van der Waals surface area contributed by atoms with E-state index in [1.165, 1.54) is 5.56 Å². The summed E-state index contributed by atoms with van der Waals surface area (Å²) < 4.78 is 0. The highest BCUT2D eigenvalue weighted by Gasteiger charge is 2.27. The average Bonchev–Trinajstić information content (AvgIpc) is 3.24. The van der Waals surface area contributed by atoms with E-state index in [0.29, 0.717) is 18.2 Å². The van der Waals surface area contributed by atoms with Crippen LogP contribution in [-0.4, -0.2) is 53.6 Å². The fourth-order valence-corrected chi connectivity index (χ4v) is 3.98. The largest absolute Gasteiger partial charge is 0.353 e. The number of amides is 1. The van der Waals surface area contributed by atoms with Crippen molar-refractivity contribution in [1.82, 2.24) is 15.0 Å². The summed E-state index contributed by atoms with van der Waals surface area (Å²) in [5.74, 6) is 1.54. The summed E-state index contributed by atoms with van der Waals surface area (Å²) in [5.41, 5.74) is 2.64. The molecule has 0 atom stereocenters. The third kappa shape index (κ3) is 3.40. The minimum Gasteiger partial charge on any atom is -0.353 e. The number of hydrogen-bond donors (Lipinski definition) is 0. The van der Waals surface area contributed by atoms with E-state index in [2.05, 4.69) is 30.8 Å². The number of para-hydroxylation sites is 1. The van der Waals surface area contributed by atoms with Crippen molar-refractivity contribution in [3.63, 3.8) is 0 Å². The molecule has 1 aromatic carbocycles. The Morgan fingerprint density at radius 1 is 0.793 bits per heavy atom. The molecule has 2 aromatic heterocycles. The van der Waals surface area contributed by atoms with Gasteiger partial charge in [-0.25, -0.2) is 15.0 Å². The molecule has 0 N–H and O–H groups in total. The molecule has 0 spiro atoms. The van der Waals surface area contributed by atoms with Crippen LogP contribution in [0.4, 0.5) is 17.5 Å². The zero-order valence-electron chi connectivity index (χ0n) is 16.1. The molecule has 7 heteroatoms. The summed E-state index contributed by atoms with van der Waals surface area (Å²) >= 11 is 0. The number of benzene rings is 1. The lowest BCUT2D eigenvalue weighted by Crippen LogP contribution is -2.47. The minimum absolute atomic E-state index is 0.0641. The van der Waals surface area contributed by atoms with E-state index in [1.54, 1.807) is 12.3 Å². The van der Waals surface area contributed by atoms with Gasteiger partial charge in [-0.1, -0.05) is 24.3 Å². The molecule has 0 aliphatic carbocycles. The number of carbonyl (C=O) groups excluding carboxylic acids is 1. The Bertz CT molecular complexity index is 1020. The zero-order chi connectivity index (χ0) is 19.6. The molecule has 2 aliphatic rings. The number of fused-ring (bicyclic) bond motifs is 1. The van der Waals surface area contributed by atoms with Gasteiger partial charge >= 0.3 is 0 Å². The molecule has 1 amide bonds. The molecule has 0 unspecified atom stereocenters. The van der Waals surface area contributed by atoms with Crippen molar-refractivity contribution in [3.05, 3.63) is 72.2 Å². The van der Waals surface area contributed by atoms with Gasteiger partial charge in [-0.3, -0.25) is 4.79 Å². The van der Waals surface area contributed by atoms with Gasteiger partial charge in [0.15, 0.2) is 0 Å². The van der Waals surface area contributed by atoms with Gasteiger partial charge in [0.1, 0.15) is 11.5 Å². The highest BCUT2D eigenvalue weighted by Crippen LogP contribution is 2.28. The molecule has 4 heterocycles. The Labute approximate surface area is 169 Å². The van der Waals surface area contributed by atoms with Gasteiger partial charge in [0.2, 0.25) is 5.95 Å². The quantitative estimate of drug-likeness (QED) is 0.689. The van der Waals surface area contributed by atoms with Crippen LogP contribution in [0.3, 0.4) is 0 Å². The van der Waals surface area contributed by atoms with Crippen LogP contribution in [0, 0.1) is 0 Å². The van der Waals surface area contributed by atoms with Gasteiger partial charge in [0.05, 0.1) is 0 Å². The molecular weight excluding hydrogens is 364 g/mol. The van der Waals surface area contributed by atoms with E-state index in [0.717, 1.165) is 44.1 Å². The van der Waals surface area contributed by atoms with Crippen molar-refractivity contribution < 1.29 is 4.79 Å². The van der Waals surface area contributed by atoms with Crippen LogP contribution < -0.4 is 14.7 Å². The van der Waals surface area contributed by atoms with Gasteiger partial charge < -0.3 is 14.7 Å². The first-order chi connectivity index (χ1) is 14.3. The maximum Gasteiger partial charge on any atom is 0.277 e. The first-order valence-electron chi connectivity index (χ1n) is 9.93. The highest BCUT2D eigenvalue weighted by molar-refractivity contribution is 6.06. The normalized spacial score (nSPS) is 16.1. The summed E-state index contributed by atoms with van der Waals surface area (Å²) in [6, 6.07) is 15.7. The Hall–Kier alpha value is -3.48. The van der Waals surface area contributed by atoms with Crippen LogP contribution in [0.15, 0.2) is 60.9 Å². The lowest BCUT2D eigenvalue weighted by atomic mass is 10.2. The Balaban J connectivity index is 1.30. The van der Waals surface area contributed by atoms with Crippen molar-refractivity contribution in [2.45, 2.75) is 6.42 Å². The molecule has 2 aliphatic heterocycles. The van der Waals surface area contributed by atoms with Gasteiger partial charge in [-0.2, -0.15) is 0 Å². The lowest BCUT2D eigenvalue weighted by molar-refractivity contribution is 0.0984. The second-order valence-electron chi connectivity index (χ2n) is 7.24. The number of anilines is 3. The average molecular weight is 386 g/mol. The van der Waals surface area contributed by atoms with E-state index < -0.39 is 0 Å². The fraction of sp³-hybridized carbons (Fsp3) is 0.273. The molecule has 29 heavy (non-hydrogen) atoms. The van der Waals surface area contributed by atoms with E-state index >= 15 is 0 Å². The third-order valence-corrected chi connectivity index (χ3v) is 5.53. The van der Waals surface area contributed by atoms with Crippen molar-refractivity contribution in [3.8, 4) is 0 Å². The third-order valence-electron chi connectivity index (χ3n) is 5.53. The first-order valence-corrected chi connectivity index (χ1v) is 9.93. The number of aromatic nitrogens is 3. The molecule has 146 valence electrons. The number of pyridine rings is 1. The molecule has 1 fully saturated rings. The lowest BCUT2D eigenvalue weighted by Gasteiger charge is -2.35.